The number of nitrogens with zero attached hydrogens (tertiary/aromatic N) is 2. The van der Waals surface area contributed by atoms with Crippen molar-refractivity contribution in [3.63, 3.8) is 0 Å². The van der Waals surface area contributed by atoms with Crippen LogP contribution in [-0.2, 0) is 9.53 Å². The highest BCUT2D eigenvalue weighted by Gasteiger charge is 2.45. The lowest BCUT2D eigenvalue weighted by Crippen LogP contribution is -2.49. The summed E-state index contributed by atoms with van der Waals surface area (Å²) < 4.78 is 4.86. The quantitative estimate of drug-likeness (QED) is 0.755. The molecule has 0 aromatic carbocycles. The Morgan fingerprint density at radius 3 is 2.61 bits per heavy atom. The number of carbonyl (C=O) groups is 2. The Morgan fingerprint density at radius 1 is 1.61 bits per heavy atom. The summed E-state index contributed by atoms with van der Waals surface area (Å²) in [5.41, 5.74) is -1.80. The predicted octanol–water partition coefficient (Wildman–Crippen LogP) is 0.900. The molecule has 1 saturated heterocycles. The fraction of sp³-hybridized carbons (Fsp3) is 0.750. The molecule has 6 heteroatoms. The summed E-state index contributed by atoms with van der Waals surface area (Å²) in [4.78, 5) is 24.8. The van der Waals surface area contributed by atoms with Gasteiger partial charge in [-0.2, -0.15) is 5.26 Å². The largest absolute Gasteiger partial charge is 0.447 e. The molecule has 0 radical (unpaired) electrons. The first-order valence-corrected chi connectivity index (χ1v) is 5.85. The highest BCUT2D eigenvalue weighted by atomic mass is 16.6. The summed E-state index contributed by atoms with van der Waals surface area (Å²) >= 11 is 0. The number of hydrogen-bond donors (Lipinski definition) is 1. The lowest BCUT2D eigenvalue weighted by Gasteiger charge is -2.29. The second-order valence-electron chi connectivity index (χ2n) is 5.08. The Hall–Kier alpha value is -1.61. The number of carbonyl (C=O) groups excluding carboxylic acids is 2. The van der Waals surface area contributed by atoms with E-state index < -0.39 is 23.5 Å². The topological polar surface area (TPSA) is 90.6 Å². The maximum atomic E-state index is 12.2. The predicted molar refractivity (Wildman–Crippen MR) is 62.2 cm³/mol. The molecule has 2 amide bonds. The highest BCUT2D eigenvalue weighted by Crippen LogP contribution is 2.25. The summed E-state index contributed by atoms with van der Waals surface area (Å²) in [5.74, 6) is -1.52. The number of ether oxygens (including phenoxy) is 1. The van der Waals surface area contributed by atoms with E-state index in [0.717, 1.165) is 4.90 Å². The number of rotatable bonds is 3. The van der Waals surface area contributed by atoms with Crippen LogP contribution in [0.1, 0.15) is 27.7 Å². The van der Waals surface area contributed by atoms with E-state index in [2.05, 4.69) is 0 Å². The van der Waals surface area contributed by atoms with E-state index in [4.69, 9.17) is 10.00 Å². The van der Waals surface area contributed by atoms with E-state index in [1.807, 2.05) is 13.8 Å². The molecule has 18 heavy (non-hydrogen) atoms. The molecule has 3 atom stereocenters. The van der Waals surface area contributed by atoms with Crippen molar-refractivity contribution in [3.8, 4) is 6.07 Å². The van der Waals surface area contributed by atoms with Gasteiger partial charge in [0.1, 0.15) is 6.61 Å². The van der Waals surface area contributed by atoms with Crippen molar-refractivity contribution >= 4 is 12.0 Å². The zero-order valence-corrected chi connectivity index (χ0v) is 11.0. The van der Waals surface area contributed by atoms with Gasteiger partial charge in [-0.3, -0.25) is 4.79 Å². The molecule has 1 aliphatic heterocycles. The van der Waals surface area contributed by atoms with Gasteiger partial charge >= 0.3 is 6.09 Å². The van der Waals surface area contributed by atoms with E-state index in [1.165, 1.54) is 13.8 Å². The number of aliphatic hydroxyl groups is 1. The standard InChI is InChI=1S/C12H18N2O4/c1-7(2)9-5-18-11(16)14(9)10(15)8(3)12(4,17)6-13/h7-9,17H,5H2,1-4H3. The molecule has 1 fully saturated rings. The number of amides is 2. The van der Waals surface area contributed by atoms with Gasteiger partial charge in [-0.25, -0.2) is 9.69 Å². The van der Waals surface area contributed by atoms with Crippen molar-refractivity contribution in [2.75, 3.05) is 6.61 Å². The average molecular weight is 254 g/mol. The Morgan fingerprint density at radius 2 is 2.17 bits per heavy atom. The second kappa shape index (κ2) is 4.94. The van der Waals surface area contributed by atoms with Crippen molar-refractivity contribution in [1.82, 2.24) is 4.90 Å². The Kier molecular flexibility index (Phi) is 3.97. The SMILES string of the molecule is CC(C)C1COC(=O)N1C(=O)C(C)C(C)(O)C#N. The molecule has 6 nitrogen and oxygen atoms in total. The van der Waals surface area contributed by atoms with Gasteiger partial charge in [0.25, 0.3) is 0 Å². The van der Waals surface area contributed by atoms with Gasteiger partial charge in [-0.1, -0.05) is 13.8 Å². The Balaban J connectivity index is 2.95. The second-order valence-corrected chi connectivity index (χ2v) is 5.08. The maximum Gasteiger partial charge on any atom is 0.416 e. The van der Waals surface area contributed by atoms with Crippen LogP contribution >= 0.6 is 0 Å². The van der Waals surface area contributed by atoms with E-state index in [-0.39, 0.29) is 18.6 Å². The fourth-order valence-electron chi connectivity index (χ4n) is 1.73. The van der Waals surface area contributed by atoms with Gasteiger partial charge < -0.3 is 9.84 Å². The average Bonchev–Trinajstić information content (AvgIpc) is 2.69. The number of nitriles is 1. The molecule has 3 unspecified atom stereocenters. The van der Waals surface area contributed by atoms with Gasteiger partial charge in [0.2, 0.25) is 5.91 Å². The van der Waals surface area contributed by atoms with E-state index in [1.54, 1.807) is 6.07 Å². The van der Waals surface area contributed by atoms with Gasteiger partial charge in [0.05, 0.1) is 18.0 Å². The molecule has 0 aromatic rings. The van der Waals surface area contributed by atoms with Crippen molar-refractivity contribution in [2.24, 2.45) is 11.8 Å². The third-order valence-electron chi connectivity index (χ3n) is 3.35. The lowest BCUT2D eigenvalue weighted by molar-refractivity contribution is -0.138. The molecule has 100 valence electrons. The Bertz CT molecular complexity index is 397. The Labute approximate surface area is 106 Å². The van der Waals surface area contributed by atoms with E-state index in [0.29, 0.717) is 0 Å². The minimum atomic E-state index is -1.80. The summed E-state index contributed by atoms with van der Waals surface area (Å²) in [6.07, 6.45) is -0.709. The van der Waals surface area contributed by atoms with E-state index in [9.17, 15) is 14.7 Å². The first-order chi connectivity index (χ1) is 8.22. The number of hydrogen-bond acceptors (Lipinski definition) is 5. The van der Waals surface area contributed by atoms with Crippen LogP contribution in [0.4, 0.5) is 4.79 Å². The third-order valence-corrected chi connectivity index (χ3v) is 3.35. The van der Waals surface area contributed by atoms with Crippen LogP contribution in [0.5, 0.6) is 0 Å². The summed E-state index contributed by atoms with van der Waals surface area (Å²) in [7, 11) is 0. The smallest absolute Gasteiger partial charge is 0.416 e. The first-order valence-electron chi connectivity index (χ1n) is 5.85. The molecule has 0 spiro atoms. The van der Waals surface area contributed by atoms with E-state index >= 15 is 0 Å². The maximum absolute atomic E-state index is 12.2. The minimum Gasteiger partial charge on any atom is -0.447 e. The van der Waals surface area contributed by atoms with Crippen molar-refractivity contribution < 1.29 is 19.4 Å². The lowest BCUT2D eigenvalue weighted by atomic mass is 9.90. The summed E-state index contributed by atoms with van der Waals surface area (Å²) in [5, 5.41) is 18.6. The monoisotopic (exact) mass is 254 g/mol. The van der Waals surface area contributed by atoms with Crippen LogP contribution in [0.3, 0.4) is 0 Å². The minimum absolute atomic E-state index is 0.0552. The molecule has 0 saturated carbocycles. The van der Waals surface area contributed by atoms with Crippen molar-refractivity contribution in [1.29, 1.82) is 5.26 Å². The molecular formula is C12H18N2O4. The molecule has 1 aliphatic rings. The van der Waals surface area contributed by atoms with Gasteiger partial charge in [0, 0.05) is 0 Å². The van der Waals surface area contributed by atoms with Crippen molar-refractivity contribution in [3.05, 3.63) is 0 Å². The van der Waals surface area contributed by atoms with Crippen LogP contribution in [0.2, 0.25) is 0 Å². The zero-order chi connectivity index (χ0) is 14.1. The number of cyclic esters (lactones) is 1. The molecule has 1 rings (SSSR count). The molecule has 0 bridgehead atoms. The van der Waals surface area contributed by atoms with Gasteiger partial charge in [0.15, 0.2) is 5.60 Å². The van der Waals surface area contributed by atoms with Crippen LogP contribution in [0.15, 0.2) is 0 Å². The fourth-order valence-corrected chi connectivity index (χ4v) is 1.73. The number of imide groups is 1. The summed E-state index contributed by atoms with van der Waals surface area (Å²) in [6.45, 7) is 6.58. The summed E-state index contributed by atoms with van der Waals surface area (Å²) in [6, 6.07) is 1.31. The molecule has 1 N–H and O–H groups in total. The van der Waals surface area contributed by atoms with Crippen LogP contribution in [0.25, 0.3) is 0 Å². The first kappa shape index (κ1) is 14.5. The van der Waals surface area contributed by atoms with Crippen LogP contribution in [0, 0.1) is 23.2 Å². The normalized spacial score (nSPS) is 24.4. The molecule has 0 aliphatic carbocycles. The molecule has 0 aromatic heterocycles. The van der Waals surface area contributed by atoms with Gasteiger partial charge in [-0.15, -0.1) is 0 Å². The van der Waals surface area contributed by atoms with Crippen LogP contribution < -0.4 is 0 Å². The highest BCUT2D eigenvalue weighted by molar-refractivity contribution is 5.95. The molecular weight excluding hydrogens is 236 g/mol. The van der Waals surface area contributed by atoms with Crippen molar-refractivity contribution in [2.45, 2.75) is 39.3 Å². The molecule has 1 heterocycles. The third kappa shape index (κ3) is 2.46. The van der Waals surface area contributed by atoms with Gasteiger partial charge in [-0.05, 0) is 19.8 Å². The van der Waals surface area contributed by atoms with Crippen LogP contribution in [-0.4, -0.2) is 40.3 Å². The zero-order valence-electron chi connectivity index (χ0n) is 11.0.